The van der Waals surface area contributed by atoms with E-state index in [1.165, 1.54) is 12.1 Å². The Labute approximate surface area is 162 Å². The molecule has 1 aliphatic rings. The number of benzene rings is 3. The molecule has 3 aromatic rings. The average molecular weight is 407 g/mol. The lowest BCUT2D eigenvalue weighted by molar-refractivity contribution is -0.162. The van der Waals surface area contributed by atoms with Gasteiger partial charge in [0.25, 0.3) is 0 Å². The van der Waals surface area contributed by atoms with Crippen molar-refractivity contribution < 1.29 is 26.3 Å². The lowest BCUT2D eigenvalue weighted by Gasteiger charge is -2.25. The lowest BCUT2D eigenvalue weighted by atomic mass is 9.86. The molecule has 29 heavy (non-hydrogen) atoms. The van der Waals surface area contributed by atoms with Gasteiger partial charge in [-0.15, -0.1) is 0 Å². The number of nitrogen functional groups attached to an aromatic ring is 1. The van der Waals surface area contributed by atoms with Crippen LogP contribution in [-0.2, 0) is 25.2 Å². The molecule has 0 saturated heterocycles. The highest BCUT2D eigenvalue weighted by Crippen LogP contribution is 2.54. The number of hydrogen-bond donors (Lipinski definition) is 1. The lowest BCUT2D eigenvalue weighted by Crippen LogP contribution is -2.22. The summed E-state index contributed by atoms with van der Waals surface area (Å²) in [7, 11) is 0. The quantitative estimate of drug-likeness (QED) is 0.299. The first-order chi connectivity index (χ1) is 13.6. The van der Waals surface area contributed by atoms with Crippen molar-refractivity contribution in [2.75, 3.05) is 5.73 Å². The number of rotatable bonds is 2. The van der Waals surface area contributed by atoms with E-state index in [1.54, 1.807) is 42.5 Å². The third-order valence-electron chi connectivity index (χ3n) is 5.20. The van der Waals surface area contributed by atoms with Crippen LogP contribution in [0.2, 0.25) is 0 Å². The second kappa shape index (κ2) is 6.54. The summed E-state index contributed by atoms with van der Waals surface area (Å²) in [5.41, 5.74) is 2.81. The van der Waals surface area contributed by atoms with Crippen LogP contribution in [0.1, 0.15) is 33.4 Å². The highest BCUT2D eigenvalue weighted by atomic mass is 19.4. The summed E-state index contributed by atoms with van der Waals surface area (Å²) in [6.07, 6.45) is -10.7. The van der Waals surface area contributed by atoms with Crippen molar-refractivity contribution in [2.45, 2.75) is 25.2 Å². The van der Waals surface area contributed by atoms with Crippen LogP contribution in [0.15, 0.2) is 54.6 Å². The van der Waals surface area contributed by atoms with E-state index in [2.05, 4.69) is 0 Å². The van der Waals surface area contributed by atoms with E-state index in [-0.39, 0.29) is 29.7 Å². The Kier molecular flexibility index (Phi) is 4.37. The van der Waals surface area contributed by atoms with Crippen LogP contribution < -0.4 is 5.73 Å². The van der Waals surface area contributed by atoms with E-state index in [1.807, 2.05) is 0 Å². The maximum absolute atomic E-state index is 14.0. The zero-order valence-corrected chi connectivity index (χ0v) is 15.0. The number of halogens is 6. The van der Waals surface area contributed by atoms with Gasteiger partial charge in [-0.25, -0.2) is 0 Å². The molecule has 150 valence electrons. The highest BCUT2D eigenvalue weighted by molar-refractivity contribution is 5.87. The van der Waals surface area contributed by atoms with E-state index in [0.717, 1.165) is 0 Å². The Balaban J connectivity index is 2.10. The van der Waals surface area contributed by atoms with Crippen molar-refractivity contribution in [3.63, 3.8) is 0 Å². The summed E-state index contributed by atoms with van der Waals surface area (Å²) in [4.78, 5) is 0. The van der Waals surface area contributed by atoms with Crippen molar-refractivity contribution in [1.82, 2.24) is 0 Å². The van der Waals surface area contributed by atoms with E-state index in [0.29, 0.717) is 11.1 Å². The minimum absolute atomic E-state index is 0.0698. The molecule has 3 aromatic carbocycles. The van der Waals surface area contributed by atoms with Crippen LogP contribution >= 0.6 is 0 Å². The maximum Gasteiger partial charge on any atom is 0.417 e. The van der Waals surface area contributed by atoms with Crippen molar-refractivity contribution in [1.29, 1.82) is 0 Å². The minimum atomic E-state index is -5.21. The Hall–Kier alpha value is -2.96. The van der Waals surface area contributed by atoms with Gasteiger partial charge in [0, 0.05) is 24.1 Å². The molecule has 0 fully saturated rings. The standard InChI is InChI=1S/C22H15F6N/c23-21(24,25)18-16(10-12-6-2-1-3-7-12)20(29)15-11-13-8-4-5-9-14(13)17(15)19(18)22(26,27)28/h1-9H,10-11,29H2. The molecule has 4 rings (SSSR count). The fraction of sp³-hybridized carbons (Fsp3) is 0.182. The van der Waals surface area contributed by atoms with Crippen LogP contribution in [-0.4, -0.2) is 0 Å². The van der Waals surface area contributed by atoms with Crippen molar-refractivity contribution >= 4 is 5.69 Å². The molecule has 0 radical (unpaired) electrons. The van der Waals surface area contributed by atoms with Gasteiger partial charge in [0.05, 0.1) is 11.1 Å². The summed E-state index contributed by atoms with van der Waals surface area (Å²) in [6.45, 7) is 0. The topological polar surface area (TPSA) is 26.0 Å². The van der Waals surface area contributed by atoms with Crippen LogP contribution in [0, 0.1) is 0 Å². The monoisotopic (exact) mass is 407 g/mol. The molecule has 7 heteroatoms. The molecule has 1 nitrogen and oxygen atoms in total. The SMILES string of the molecule is Nc1c2c(c(C(F)(F)F)c(C(F)(F)F)c1Cc1ccccc1)-c1ccccc1C2. The number of alkyl halides is 6. The zero-order valence-electron chi connectivity index (χ0n) is 15.0. The van der Waals surface area contributed by atoms with Gasteiger partial charge < -0.3 is 5.73 Å². The van der Waals surface area contributed by atoms with Gasteiger partial charge in [-0.1, -0.05) is 54.6 Å². The van der Waals surface area contributed by atoms with Crippen LogP contribution in [0.25, 0.3) is 11.1 Å². The summed E-state index contributed by atoms with van der Waals surface area (Å²) >= 11 is 0. The van der Waals surface area contributed by atoms with Crippen molar-refractivity contribution in [2.24, 2.45) is 0 Å². The molecule has 0 bridgehead atoms. The van der Waals surface area contributed by atoms with Crippen LogP contribution in [0.3, 0.4) is 0 Å². The van der Waals surface area contributed by atoms with Gasteiger partial charge in [0.2, 0.25) is 0 Å². The molecular formula is C22H15F6N. The second-order valence-corrected chi connectivity index (χ2v) is 6.99. The first-order valence-electron chi connectivity index (χ1n) is 8.82. The largest absolute Gasteiger partial charge is 0.417 e. The third-order valence-corrected chi connectivity index (χ3v) is 5.20. The number of nitrogens with two attached hydrogens (primary N) is 1. The molecule has 0 atom stereocenters. The molecule has 0 amide bonds. The van der Waals surface area contributed by atoms with E-state index in [4.69, 9.17) is 5.73 Å². The molecule has 0 unspecified atom stereocenters. The second-order valence-electron chi connectivity index (χ2n) is 6.99. The predicted octanol–water partition coefficient (Wildman–Crippen LogP) is 6.47. The van der Waals surface area contributed by atoms with Crippen molar-refractivity contribution in [3.8, 4) is 11.1 Å². The molecule has 0 saturated carbocycles. The smallest absolute Gasteiger partial charge is 0.398 e. The molecule has 0 spiro atoms. The van der Waals surface area contributed by atoms with Gasteiger partial charge in [0.1, 0.15) is 0 Å². The fourth-order valence-corrected chi connectivity index (χ4v) is 4.05. The Morgan fingerprint density at radius 2 is 1.34 bits per heavy atom. The van der Waals surface area contributed by atoms with Crippen molar-refractivity contribution in [3.05, 3.63) is 88.0 Å². The molecule has 0 heterocycles. The summed E-state index contributed by atoms with van der Waals surface area (Å²) in [5, 5.41) is 0. The third kappa shape index (κ3) is 3.24. The van der Waals surface area contributed by atoms with Gasteiger partial charge >= 0.3 is 12.4 Å². The molecule has 2 N–H and O–H groups in total. The predicted molar refractivity (Wildman–Crippen MR) is 98.3 cm³/mol. The van der Waals surface area contributed by atoms with E-state index < -0.39 is 34.6 Å². The Bertz CT molecular complexity index is 1080. The average Bonchev–Trinajstić information content (AvgIpc) is 3.02. The molecule has 1 aliphatic carbocycles. The van der Waals surface area contributed by atoms with Gasteiger partial charge in [0.15, 0.2) is 0 Å². The first-order valence-corrected chi connectivity index (χ1v) is 8.82. The van der Waals surface area contributed by atoms with Gasteiger partial charge in [-0.05, 0) is 27.8 Å². The molecule has 0 aliphatic heterocycles. The van der Waals surface area contributed by atoms with Crippen LogP contribution in [0.4, 0.5) is 32.0 Å². The number of hydrogen-bond acceptors (Lipinski definition) is 1. The zero-order chi connectivity index (χ0) is 21.0. The highest BCUT2D eigenvalue weighted by Gasteiger charge is 2.49. The fourth-order valence-electron chi connectivity index (χ4n) is 4.05. The number of anilines is 1. The van der Waals surface area contributed by atoms with E-state index >= 15 is 0 Å². The Morgan fingerprint density at radius 1 is 0.759 bits per heavy atom. The van der Waals surface area contributed by atoms with Crippen LogP contribution in [0.5, 0.6) is 0 Å². The molecular weight excluding hydrogens is 392 g/mol. The summed E-state index contributed by atoms with van der Waals surface area (Å²) in [6, 6.07) is 14.2. The summed E-state index contributed by atoms with van der Waals surface area (Å²) in [5.74, 6) is 0. The summed E-state index contributed by atoms with van der Waals surface area (Å²) < 4.78 is 84.1. The molecule has 0 aromatic heterocycles. The number of fused-ring (bicyclic) bond motifs is 3. The maximum atomic E-state index is 14.0. The minimum Gasteiger partial charge on any atom is -0.398 e. The van der Waals surface area contributed by atoms with E-state index in [9.17, 15) is 26.3 Å². The van der Waals surface area contributed by atoms with Gasteiger partial charge in [-0.3, -0.25) is 0 Å². The van der Waals surface area contributed by atoms with Gasteiger partial charge in [-0.2, -0.15) is 26.3 Å². The normalized spacial score (nSPS) is 13.3. The first kappa shape index (κ1) is 19.4. The Morgan fingerprint density at radius 3 is 1.97 bits per heavy atom.